The van der Waals surface area contributed by atoms with Gasteiger partial charge >= 0.3 is 12.1 Å². The van der Waals surface area contributed by atoms with Crippen molar-refractivity contribution in [2.45, 2.75) is 33.4 Å². The van der Waals surface area contributed by atoms with Gasteiger partial charge in [-0.3, -0.25) is 19.8 Å². The summed E-state index contributed by atoms with van der Waals surface area (Å²) in [6, 6.07) is 11.3. The Labute approximate surface area is 249 Å². The number of nitrogens with zero attached hydrogens (tertiary/aromatic N) is 2. The van der Waals surface area contributed by atoms with Crippen LogP contribution in [-0.2, 0) is 22.1 Å². The van der Waals surface area contributed by atoms with Gasteiger partial charge < -0.3 is 14.6 Å². The third-order valence-corrected chi connectivity index (χ3v) is 6.22. The summed E-state index contributed by atoms with van der Waals surface area (Å²) in [7, 11) is 0. The van der Waals surface area contributed by atoms with Gasteiger partial charge in [0.15, 0.2) is 0 Å². The normalized spacial score (nSPS) is 10.9. The largest absolute Gasteiger partial charge is 0.477 e. The number of anilines is 1. The van der Waals surface area contributed by atoms with Crippen LogP contribution in [0, 0.1) is 17.0 Å². The van der Waals surface area contributed by atoms with Gasteiger partial charge in [0.2, 0.25) is 5.91 Å². The number of carboxylic acids is 1. The Hall–Kier alpha value is -3.87. The number of aryl methyl sites for hydroxylation is 2. The summed E-state index contributed by atoms with van der Waals surface area (Å²) < 4.78 is 48.3. The second-order valence-corrected chi connectivity index (χ2v) is 9.17. The number of nitro groups is 1. The molecule has 0 aliphatic carbocycles. The van der Waals surface area contributed by atoms with Gasteiger partial charge in [0.05, 0.1) is 21.2 Å². The van der Waals surface area contributed by atoms with E-state index < -0.39 is 33.9 Å². The number of carbonyl (C=O) groups excluding carboxylic acids is 1. The van der Waals surface area contributed by atoms with Crippen LogP contribution in [0.15, 0.2) is 54.6 Å². The van der Waals surface area contributed by atoms with Crippen LogP contribution in [0.3, 0.4) is 0 Å². The first-order valence-electron chi connectivity index (χ1n) is 12.3. The second kappa shape index (κ2) is 15.4. The Bertz CT molecular complexity index is 1440. The van der Waals surface area contributed by atoms with E-state index in [4.69, 9.17) is 37.8 Å². The van der Waals surface area contributed by atoms with Crippen LogP contribution in [0.4, 0.5) is 24.5 Å². The van der Waals surface area contributed by atoms with E-state index in [0.717, 1.165) is 53.6 Å². The summed E-state index contributed by atoms with van der Waals surface area (Å²) in [5.41, 5.74) is 0.878. The van der Waals surface area contributed by atoms with Crippen molar-refractivity contribution in [1.29, 1.82) is 0 Å². The van der Waals surface area contributed by atoms with Gasteiger partial charge in [0.25, 0.3) is 5.69 Å². The lowest BCUT2D eigenvalue weighted by Gasteiger charge is -2.25. The summed E-state index contributed by atoms with van der Waals surface area (Å²) in [5, 5.41) is 19.4. The van der Waals surface area contributed by atoms with Crippen molar-refractivity contribution in [2.24, 2.45) is 0 Å². The molecule has 0 aliphatic heterocycles. The monoisotopic (exact) mass is 630 g/mol. The molecule has 0 aliphatic rings. The fraction of sp³-hybridized carbons (Fsp3) is 0.286. The predicted octanol–water partition coefficient (Wildman–Crippen LogP) is 7.88. The number of alkyl halides is 4. The minimum absolute atomic E-state index is 0.0371. The summed E-state index contributed by atoms with van der Waals surface area (Å²) in [6.07, 6.45) is -3.71. The molecule has 14 heteroatoms. The predicted molar refractivity (Wildman–Crippen MR) is 152 cm³/mol. The lowest BCUT2D eigenvalue weighted by atomic mass is 10.0. The first-order valence-corrected chi connectivity index (χ1v) is 13.2. The van der Waals surface area contributed by atoms with Gasteiger partial charge in [-0.1, -0.05) is 36.7 Å². The van der Waals surface area contributed by atoms with Gasteiger partial charge in [-0.15, -0.1) is 11.6 Å². The number of carbonyl (C=O) groups is 2. The fourth-order valence-electron chi connectivity index (χ4n) is 3.70. The fourth-order valence-corrected chi connectivity index (χ4v) is 4.07. The summed E-state index contributed by atoms with van der Waals surface area (Å²) in [6.45, 7) is 6.79. The van der Waals surface area contributed by atoms with E-state index in [-0.39, 0.29) is 35.0 Å². The highest BCUT2D eigenvalue weighted by Gasteiger charge is 2.31. The van der Waals surface area contributed by atoms with Crippen LogP contribution in [-0.4, -0.2) is 41.1 Å². The molecular formula is C28H27Cl2F3N2O7. The second-order valence-electron chi connectivity index (χ2n) is 8.50. The summed E-state index contributed by atoms with van der Waals surface area (Å²) in [4.78, 5) is 34.5. The third-order valence-electron chi connectivity index (χ3n) is 5.69. The van der Waals surface area contributed by atoms with Gasteiger partial charge in [-0.05, 0) is 55.7 Å². The maximum absolute atomic E-state index is 12.6. The number of amides is 1. The number of carboxylic acid groups (broad SMARTS) is 1. The van der Waals surface area contributed by atoms with E-state index in [0.29, 0.717) is 12.7 Å². The zero-order valence-electron chi connectivity index (χ0n) is 22.7. The molecule has 0 radical (unpaired) electrons. The van der Waals surface area contributed by atoms with Crippen molar-refractivity contribution in [3.8, 4) is 11.5 Å². The van der Waals surface area contributed by atoms with Gasteiger partial charge in [0.1, 0.15) is 29.7 Å². The van der Waals surface area contributed by atoms with E-state index in [1.807, 2.05) is 32.0 Å². The van der Waals surface area contributed by atoms with Gasteiger partial charge in [0, 0.05) is 18.7 Å². The minimum Gasteiger partial charge on any atom is -0.477 e. The molecule has 3 rings (SSSR count). The average molecular weight is 631 g/mol. The van der Waals surface area contributed by atoms with E-state index in [2.05, 4.69) is 6.92 Å². The van der Waals surface area contributed by atoms with Crippen molar-refractivity contribution < 1.29 is 42.3 Å². The number of aromatic carboxylic acids is 1. The molecule has 1 N–H and O–H groups in total. The Balaban J connectivity index is 0.000000307. The molecule has 0 atom stereocenters. The van der Waals surface area contributed by atoms with Crippen molar-refractivity contribution in [1.82, 2.24) is 0 Å². The van der Waals surface area contributed by atoms with Crippen LogP contribution in [0.5, 0.6) is 11.5 Å². The molecule has 3 aromatic rings. The maximum atomic E-state index is 12.6. The molecule has 0 heterocycles. The van der Waals surface area contributed by atoms with E-state index in [1.165, 1.54) is 0 Å². The minimum atomic E-state index is -4.58. The highest BCUT2D eigenvalue weighted by Crippen LogP contribution is 2.37. The Morgan fingerprint density at radius 1 is 1.10 bits per heavy atom. The van der Waals surface area contributed by atoms with Gasteiger partial charge in [-0.2, -0.15) is 13.2 Å². The van der Waals surface area contributed by atoms with Crippen molar-refractivity contribution in [3.05, 3.63) is 92.0 Å². The van der Waals surface area contributed by atoms with Crippen molar-refractivity contribution in [3.63, 3.8) is 0 Å². The number of nitro benzene ring substituents is 1. The molecule has 226 valence electrons. The molecule has 0 unspecified atom stereocenters. The standard InChI is InChI=1S/C14H7ClF3NO5.C14H20ClNO2/c15-10-5-7(14(16,17)18)1-4-12(10)24-8-2-3-11(19(22)23)9(6-8)13(20)21;1-4-12-8-6-7-11(3)14(12)16(10-18-5-2)13(17)9-15/h1-6H,(H,20,21);6-8H,4-5,9-10H2,1-3H3. The van der Waals surface area contributed by atoms with Gasteiger partial charge in [-0.25, -0.2) is 4.79 Å². The lowest BCUT2D eigenvalue weighted by molar-refractivity contribution is -0.385. The van der Waals surface area contributed by atoms with E-state index in [9.17, 15) is 32.9 Å². The first-order chi connectivity index (χ1) is 19.7. The zero-order chi connectivity index (χ0) is 31.6. The molecule has 1 amide bonds. The summed E-state index contributed by atoms with van der Waals surface area (Å²) >= 11 is 11.4. The Morgan fingerprint density at radius 2 is 1.79 bits per heavy atom. The number of hydrogen-bond acceptors (Lipinski definition) is 6. The Kier molecular flexibility index (Phi) is 12.6. The number of ether oxygens (including phenoxy) is 2. The van der Waals surface area contributed by atoms with Crippen LogP contribution >= 0.6 is 23.2 Å². The quantitative estimate of drug-likeness (QED) is 0.105. The number of hydrogen-bond donors (Lipinski definition) is 1. The molecule has 0 saturated carbocycles. The number of benzene rings is 3. The van der Waals surface area contributed by atoms with Crippen LogP contribution in [0.25, 0.3) is 0 Å². The molecule has 0 saturated heterocycles. The molecule has 42 heavy (non-hydrogen) atoms. The molecule has 0 fully saturated rings. The third kappa shape index (κ3) is 9.07. The zero-order valence-corrected chi connectivity index (χ0v) is 24.2. The Morgan fingerprint density at radius 3 is 2.31 bits per heavy atom. The number of halogens is 5. The summed E-state index contributed by atoms with van der Waals surface area (Å²) in [5.74, 6) is -2.00. The highest BCUT2D eigenvalue weighted by atomic mass is 35.5. The SMILES string of the molecule is CCOCN(C(=O)CCl)c1c(C)cccc1CC.O=C(O)c1cc(Oc2ccc(C(F)(F)F)cc2Cl)ccc1[N+](=O)[O-]. The van der Waals surface area contributed by atoms with E-state index in [1.54, 1.807) is 4.90 Å². The smallest absolute Gasteiger partial charge is 0.416 e. The number of para-hydroxylation sites is 1. The molecule has 3 aromatic carbocycles. The average Bonchev–Trinajstić information content (AvgIpc) is 2.94. The van der Waals surface area contributed by atoms with Crippen LogP contribution in [0.1, 0.15) is 40.9 Å². The molecule has 9 nitrogen and oxygen atoms in total. The molecular weight excluding hydrogens is 604 g/mol. The molecule has 0 aromatic heterocycles. The molecule has 0 spiro atoms. The maximum Gasteiger partial charge on any atom is 0.416 e. The van der Waals surface area contributed by atoms with Crippen LogP contribution in [0.2, 0.25) is 5.02 Å². The van der Waals surface area contributed by atoms with Crippen molar-refractivity contribution in [2.75, 3.05) is 24.1 Å². The molecule has 0 bridgehead atoms. The van der Waals surface area contributed by atoms with Crippen molar-refractivity contribution >= 4 is 46.5 Å². The topological polar surface area (TPSA) is 119 Å². The highest BCUT2D eigenvalue weighted by molar-refractivity contribution is 6.32. The lowest BCUT2D eigenvalue weighted by Crippen LogP contribution is -2.35. The van der Waals surface area contributed by atoms with E-state index >= 15 is 0 Å². The first kappa shape index (κ1) is 34.3. The number of rotatable bonds is 10. The van der Waals surface area contributed by atoms with Crippen LogP contribution < -0.4 is 9.64 Å².